The molecule has 1 amide bonds. The third kappa shape index (κ3) is 2.99. The van der Waals surface area contributed by atoms with Crippen molar-refractivity contribution in [1.29, 1.82) is 0 Å². The summed E-state index contributed by atoms with van der Waals surface area (Å²) in [5, 5.41) is 10.3. The Morgan fingerprint density at radius 3 is 2.57 bits per heavy atom. The van der Waals surface area contributed by atoms with Crippen molar-refractivity contribution in [3.05, 3.63) is 98.0 Å². The molecule has 2 aromatic carbocycles. The summed E-state index contributed by atoms with van der Waals surface area (Å²) < 4.78 is 0. The maximum absolute atomic E-state index is 13.4. The number of H-pyrrole nitrogens is 1. The smallest absolute Gasteiger partial charge is 0.261 e. The number of aromatic amines is 1. The van der Waals surface area contributed by atoms with Crippen molar-refractivity contribution < 1.29 is 9.90 Å². The third-order valence-electron chi connectivity index (χ3n) is 9.22. The van der Waals surface area contributed by atoms with Gasteiger partial charge in [-0.25, -0.2) is 0 Å². The molecule has 4 aliphatic rings. The number of fused-ring (bicyclic) bond motifs is 3. The van der Waals surface area contributed by atoms with Crippen molar-refractivity contribution in [2.75, 3.05) is 13.6 Å². The van der Waals surface area contributed by atoms with Gasteiger partial charge in [-0.15, -0.1) is 0 Å². The number of nitrogens with one attached hydrogen (secondary N) is 1. The first kappa shape index (κ1) is 20.9. The van der Waals surface area contributed by atoms with Gasteiger partial charge in [-0.2, -0.15) is 0 Å². The number of pyridine rings is 1. The van der Waals surface area contributed by atoms with E-state index in [9.17, 15) is 14.7 Å². The highest BCUT2D eigenvalue weighted by atomic mass is 16.3. The highest BCUT2D eigenvalue weighted by Crippen LogP contribution is 2.54. The minimum Gasteiger partial charge on any atom is -0.508 e. The Morgan fingerprint density at radius 1 is 1.03 bits per heavy atom. The van der Waals surface area contributed by atoms with Gasteiger partial charge in [-0.1, -0.05) is 30.3 Å². The van der Waals surface area contributed by atoms with Gasteiger partial charge in [0.05, 0.1) is 0 Å². The van der Waals surface area contributed by atoms with Crippen LogP contribution in [0.2, 0.25) is 0 Å². The molecule has 3 heterocycles. The standard InChI is InChI=1S/C29H29N3O3/c1-31-9-8-29-14-25-20(11-24(29)26(31)12-17-6-7-21(33)13-23(17)29)10-22(27(34)30-25)28(35)32-15-18-4-2-3-5-19(18)16-32/h2-7,10,13,24,26,33H,8-9,11-12,14-16H2,1H3,(H,30,34)/t24-,26+,29?/m0/s1. The molecule has 0 spiro atoms. The number of phenols is 1. The second-order valence-electron chi connectivity index (χ2n) is 10.9. The maximum atomic E-state index is 13.4. The van der Waals surface area contributed by atoms with E-state index < -0.39 is 0 Å². The summed E-state index contributed by atoms with van der Waals surface area (Å²) in [7, 11) is 2.21. The highest BCUT2D eigenvalue weighted by molar-refractivity contribution is 5.94. The zero-order valence-corrected chi connectivity index (χ0v) is 19.9. The molecule has 178 valence electrons. The van der Waals surface area contributed by atoms with Crippen LogP contribution in [0.3, 0.4) is 0 Å². The van der Waals surface area contributed by atoms with E-state index >= 15 is 0 Å². The van der Waals surface area contributed by atoms with Crippen LogP contribution in [0, 0.1) is 5.92 Å². The summed E-state index contributed by atoms with van der Waals surface area (Å²) in [6.07, 6.45) is 3.54. The number of aromatic hydroxyl groups is 1. The van der Waals surface area contributed by atoms with Crippen LogP contribution in [0.4, 0.5) is 0 Å². The predicted molar refractivity (Wildman–Crippen MR) is 133 cm³/mol. The molecular weight excluding hydrogens is 438 g/mol. The van der Waals surface area contributed by atoms with Crippen molar-refractivity contribution in [3.63, 3.8) is 0 Å². The van der Waals surface area contributed by atoms with Gasteiger partial charge >= 0.3 is 0 Å². The molecule has 3 atom stereocenters. The van der Waals surface area contributed by atoms with E-state index in [2.05, 4.69) is 23.0 Å². The number of aromatic nitrogens is 1. The van der Waals surface area contributed by atoms with Crippen molar-refractivity contribution in [2.24, 2.45) is 5.92 Å². The van der Waals surface area contributed by atoms with E-state index in [1.54, 1.807) is 11.0 Å². The van der Waals surface area contributed by atoms with Crippen LogP contribution in [-0.4, -0.2) is 45.4 Å². The van der Waals surface area contributed by atoms with Gasteiger partial charge < -0.3 is 19.9 Å². The molecule has 0 saturated carbocycles. The predicted octanol–water partition coefficient (Wildman–Crippen LogP) is 3.15. The number of carbonyl (C=O) groups is 1. The van der Waals surface area contributed by atoms with Crippen LogP contribution in [0.15, 0.2) is 53.3 Å². The average molecular weight is 468 g/mol. The summed E-state index contributed by atoms with van der Waals surface area (Å²) in [5.41, 5.74) is 6.75. The normalized spacial score (nSPS) is 26.5. The molecular formula is C29H29N3O3. The molecule has 7 rings (SSSR count). The van der Waals surface area contributed by atoms with Crippen LogP contribution >= 0.6 is 0 Å². The Kier molecular flexibility index (Phi) is 4.38. The number of likely N-dealkylation sites (tertiary alicyclic amines) is 1. The number of nitrogens with zero attached hydrogens (tertiary/aromatic N) is 2. The molecule has 2 aliphatic heterocycles. The summed E-state index contributed by atoms with van der Waals surface area (Å²) in [4.78, 5) is 34.0. The number of benzene rings is 2. The number of hydrogen-bond acceptors (Lipinski definition) is 4. The molecule has 0 radical (unpaired) electrons. The van der Waals surface area contributed by atoms with Crippen molar-refractivity contribution in [2.45, 2.75) is 50.2 Å². The average Bonchev–Trinajstić information content (AvgIpc) is 3.29. The van der Waals surface area contributed by atoms with E-state index in [-0.39, 0.29) is 22.4 Å². The molecule has 35 heavy (non-hydrogen) atoms. The molecule has 2 aliphatic carbocycles. The van der Waals surface area contributed by atoms with Gasteiger partial charge in [-0.05, 0) is 91.2 Å². The van der Waals surface area contributed by atoms with E-state index in [0.717, 1.165) is 54.6 Å². The van der Waals surface area contributed by atoms with Crippen LogP contribution in [0.25, 0.3) is 0 Å². The summed E-state index contributed by atoms with van der Waals surface area (Å²) in [6.45, 7) is 2.09. The number of piperidine rings is 1. The maximum Gasteiger partial charge on any atom is 0.261 e. The molecule has 1 unspecified atom stereocenters. The molecule has 1 fully saturated rings. The van der Waals surface area contributed by atoms with Crippen molar-refractivity contribution in [3.8, 4) is 5.75 Å². The molecule has 2 N–H and O–H groups in total. The molecule has 6 heteroatoms. The summed E-state index contributed by atoms with van der Waals surface area (Å²) in [6, 6.07) is 16.2. The molecule has 6 nitrogen and oxygen atoms in total. The van der Waals surface area contributed by atoms with Gasteiger partial charge in [0.15, 0.2) is 0 Å². The number of rotatable bonds is 1. The SMILES string of the molecule is CN1CCC23Cc4[nH]c(=O)c(C(=O)N5Cc6ccccc6C5)cc4C[C@H]2[C@H]1Cc1ccc(O)cc13. The quantitative estimate of drug-likeness (QED) is 0.577. The van der Waals surface area contributed by atoms with Crippen LogP contribution in [0.1, 0.15) is 50.3 Å². The first-order chi connectivity index (χ1) is 16.9. The van der Waals surface area contributed by atoms with Gasteiger partial charge in [0, 0.05) is 30.2 Å². The third-order valence-corrected chi connectivity index (χ3v) is 9.22. The monoisotopic (exact) mass is 467 g/mol. The number of hydrogen-bond donors (Lipinski definition) is 2. The zero-order chi connectivity index (χ0) is 23.9. The van der Waals surface area contributed by atoms with Crippen molar-refractivity contribution in [1.82, 2.24) is 14.8 Å². The fourth-order valence-electron chi connectivity index (χ4n) is 7.42. The van der Waals surface area contributed by atoms with E-state index in [0.29, 0.717) is 30.8 Å². The number of phenolic OH excluding ortho intramolecular Hbond substituents is 1. The topological polar surface area (TPSA) is 76.6 Å². The fraction of sp³-hybridized carbons (Fsp3) is 0.379. The van der Waals surface area contributed by atoms with Crippen molar-refractivity contribution >= 4 is 5.91 Å². The second kappa shape index (κ2) is 7.31. The number of carbonyl (C=O) groups excluding carboxylic acids is 1. The van der Waals surface area contributed by atoms with E-state index in [1.165, 1.54) is 11.1 Å². The lowest BCUT2D eigenvalue weighted by atomic mass is 9.52. The van der Waals surface area contributed by atoms with E-state index in [4.69, 9.17) is 0 Å². The van der Waals surface area contributed by atoms with Crippen LogP contribution < -0.4 is 5.56 Å². The molecule has 2 bridgehead atoms. The Bertz CT molecular complexity index is 1420. The first-order valence-electron chi connectivity index (χ1n) is 12.6. The lowest BCUT2D eigenvalue weighted by Crippen LogP contribution is -2.61. The Morgan fingerprint density at radius 2 is 1.80 bits per heavy atom. The van der Waals surface area contributed by atoms with Crippen LogP contribution in [0.5, 0.6) is 5.75 Å². The minimum absolute atomic E-state index is 0.0957. The lowest BCUT2D eigenvalue weighted by molar-refractivity contribution is 0.0233. The van der Waals surface area contributed by atoms with Gasteiger partial charge in [0.1, 0.15) is 11.3 Å². The summed E-state index contributed by atoms with van der Waals surface area (Å²) in [5.74, 6) is 0.496. The first-order valence-corrected chi connectivity index (χ1v) is 12.6. The van der Waals surface area contributed by atoms with Gasteiger partial charge in [0.2, 0.25) is 0 Å². The Balaban J connectivity index is 1.28. The zero-order valence-electron chi connectivity index (χ0n) is 19.9. The van der Waals surface area contributed by atoms with Gasteiger partial charge in [-0.3, -0.25) is 9.59 Å². The minimum atomic E-state index is -0.295. The second-order valence-corrected chi connectivity index (χ2v) is 10.9. The van der Waals surface area contributed by atoms with Gasteiger partial charge in [0.25, 0.3) is 11.5 Å². The lowest BCUT2D eigenvalue weighted by Gasteiger charge is -2.58. The fourth-order valence-corrected chi connectivity index (χ4v) is 7.42. The van der Waals surface area contributed by atoms with E-state index in [1.807, 2.05) is 36.4 Å². The Hall–Kier alpha value is -3.38. The molecule has 1 aromatic heterocycles. The summed E-state index contributed by atoms with van der Waals surface area (Å²) >= 11 is 0. The highest BCUT2D eigenvalue weighted by Gasteiger charge is 2.54. The molecule has 1 saturated heterocycles. The number of amides is 1. The van der Waals surface area contributed by atoms with Crippen LogP contribution in [-0.2, 0) is 37.8 Å². The number of likely N-dealkylation sites (N-methyl/N-ethyl adjacent to an activating group) is 1. The largest absolute Gasteiger partial charge is 0.508 e. The Labute approximate surface area is 204 Å². The molecule has 3 aromatic rings.